The van der Waals surface area contributed by atoms with Crippen molar-refractivity contribution in [3.63, 3.8) is 0 Å². The fourth-order valence-electron chi connectivity index (χ4n) is 3.65. The Morgan fingerprint density at radius 2 is 1.97 bits per heavy atom. The molecule has 5 rings (SSSR count). The van der Waals surface area contributed by atoms with Gasteiger partial charge in [0.15, 0.2) is 5.43 Å². The van der Waals surface area contributed by atoms with E-state index in [2.05, 4.69) is 10.2 Å². The molecular formula is C21H14FN3O4S. The number of methoxy groups -OCH3 is 1. The predicted molar refractivity (Wildman–Crippen MR) is 109 cm³/mol. The molecule has 2 aromatic carbocycles. The number of amides is 1. The zero-order valence-electron chi connectivity index (χ0n) is 15.9. The van der Waals surface area contributed by atoms with E-state index in [1.807, 2.05) is 0 Å². The summed E-state index contributed by atoms with van der Waals surface area (Å²) in [6.07, 6.45) is 0. The third-order valence-electron chi connectivity index (χ3n) is 5.00. The smallest absolute Gasteiger partial charge is 0.297 e. The Balaban J connectivity index is 1.83. The molecule has 9 heteroatoms. The number of ether oxygens (including phenoxy) is 1. The van der Waals surface area contributed by atoms with E-state index >= 15 is 0 Å². The van der Waals surface area contributed by atoms with E-state index in [-0.39, 0.29) is 33.0 Å². The average Bonchev–Trinajstić information content (AvgIpc) is 3.29. The number of hydrogen-bond acceptors (Lipinski definition) is 7. The van der Waals surface area contributed by atoms with Crippen molar-refractivity contribution < 1.29 is 18.3 Å². The van der Waals surface area contributed by atoms with Crippen LogP contribution < -0.4 is 15.1 Å². The minimum Gasteiger partial charge on any atom is -0.497 e. The molecule has 2 aromatic heterocycles. The third kappa shape index (κ3) is 2.62. The molecule has 0 N–H and O–H groups in total. The molecule has 0 radical (unpaired) electrons. The lowest BCUT2D eigenvalue weighted by Crippen LogP contribution is -2.30. The first-order valence-electron chi connectivity index (χ1n) is 9.02. The Morgan fingerprint density at radius 1 is 1.17 bits per heavy atom. The molecule has 1 aliphatic rings. The summed E-state index contributed by atoms with van der Waals surface area (Å²) >= 11 is 1.18. The van der Waals surface area contributed by atoms with Crippen LogP contribution in [0.25, 0.3) is 11.0 Å². The topological polar surface area (TPSA) is 85.5 Å². The Kier molecular flexibility index (Phi) is 4.14. The molecular weight excluding hydrogens is 409 g/mol. The Bertz CT molecular complexity index is 1380. The summed E-state index contributed by atoms with van der Waals surface area (Å²) in [5.74, 6) is -0.764. The van der Waals surface area contributed by atoms with Crippen molar-refractivity contribution in [3.05, 3.63) is 80.4 Å². The number of aryl methyl sites for hydroxylation is 1. The van der Waals surface area contributed by atoms with Gasteiger partial charge in [-0.3, -0.25) is 14.5 Å². The zero-order chi connectivity index (χ0) is 21.0. The van der Waals surface area contributed by atoms with E-state index in [0.717, 1.165) is 0 Å². The first-order chi connectivity index (χ1) is 14.5. The van der Waals surface area contributed by atoms with E-state index in [1.165, 1.54) is 29.4 Å². The zero-order valence-corrected chi connectivity index (χ0v) is 16.7. The van der Waals surface area contributed by atoms with Crippen molar-refractivity contribution in [3.8, 4) is 5.75 Å². The number of rotatable bonds is 3. The summed E-state index contributed by atoms with van der Waals surface area (Å²) in [4.78, 5) is 28.0. The van der Waals surface area contributed by atoms with E-state index in [9.17, 15) is 14.0 Å². The van der Waals surface area contributed by atoms with Gasteiger partial charge in [0.05, 0.1) is 18.1 Å². The van der Waals surface area contributed by atoms with Crippen LogP contribution in [0.5, 0.6) is 5.75 Å². The number of benzene rings is 2. The molecule has 1 amide bonds. The Labute approximate surface area is 173 Å². The van der Waals surface area contributed by atoms with Crippen molar-refractivity contribution in [1.82, 2.24) is 10.2 Å². The van der Waals surface area contributed by atoms with Gasteiger partial charge in [-0.05, 0) is 25.1 Å². The SMILES string of the molecule is COc1ccc2c(=O)c3c(oc2c1)C(=O)N(c1nnc(C)s1)C3c1ccccc1F. The Hall–Kier alpha value is -3.59. The fourth-order valence-corrected chi connectivity index (χ4v) is 4.36. The second-order valence-corrected chi connectivity index (χ2v) is 7.90. The molecule has 1 aliphatic heterocycles. The number of anilines is 1. The molecule has 1 unspecified atom stereocenters. The van der Waals surface area contributed by atoms with Gasteiger partial charge in [-0.2, -0.15) is 0 Å². The number of carbonyl (C=O) groups is 1. The summed E-state index contributed by atoms with van der Waals surface area (Å²) in [7, 11) is 1.49. The molecule has 4 aromatic rings. The quantitative estimate of drug-likeness (QED) is 0.498. The van der Waals surface area contributed by atoms with Crippen molar-refractivity contribution in [2.45, 2.75) is 13.0 Å². The molecule has 0 bridgehead atoms. The third-order valence-corrected chi connectivity index (χ3v) is 5.84. The van der Waals surface area contributed by atoms with Crippen molar-refractivity contribution >= 4 is 33.3 Å². The highest BCUT2D eigenvalue weighted by Gasteiger charge is 2.46. The van der Waals surface area contributed by atoms with Gasteiger partial charge < -0.3 is 9.15 Å². The van der Waals surface area contributed by atoms with Gasteiger partial charge in [0, 0.05) is 11.6 Å². The molecule has 1 atom stereocenters. The molecule has 0 spiro atoms. The van der Waals surface area contributed by atoms with Crippen LogP contribution >= 0.6 is 11.3 Å². The lowest BCUT2D eigenvalue weighted by molar-refractivity contribution is 0.0970. The van der Waals surface area contributed by atoms with E-state index in [0.29, 0.717) is 10.8 Å². The standard InChI is InChI=1S/C21H14FN3O4S/c1-10-23-24-21(30-10)25-17(12-5-3-4-6-14(12)22)16-18(26)13-8-7-11(28-2)9-15(13)29-19(16)20(25)27/h3-9,17H,1-2H3. The highest BCUT2D eigenvalue weighted by atomic mass is 32.1. The summed E-state index contributed by atoms with van der Waals surface area (Å²) in [5, 5.41) is 9.19. The van der Waals surface area contributed by atoms with Gasteiger partial charge >= 0.3 is 0 Å². The summed E-state index contributed by atoms with van der Waals surface area (Å²) in [6, 6.07) is 9.76. The second-order valence-electron chi connectivity index (χ2n) is 6.74. The predicted octanol–water partition coefficient (Wildman–Crippen LogP) is 3.85. The highest BCUT2D eigenvalue weighted by Crippen LogP contribution is 2.42. The van der Waals surface area contributed by atoms with Crippen LogP contribution in [0.4, 0.5) is 9.52 Å². The average molecular weight is 423 g/mol. The normalized spacial score (nSPS) is 15.6. The van der Waals surface area contributed by atoms with Crippen LogP contribution in [0.15, 0.2) is 51.7 Å². The van der Waals surface area contributed by atoms with Gasteiger partial charge in [-0.1, -0.05) is 29.5 Å². The van der Waals surface area contributed by atoms with Gasteiger partial charge in [-0.15, -0.1) is 10.2 Å². The van der Waals surface area contributed by atoms with Crippen LogP contribution in [-0.2, 0) is 0 Å². The lowest BCUT2D eigenvalue weighted by Gasteiger charge is -2.22. The number of fused-ring (bicyclic) bond motifs is 2. The van der Waals surface area contributed by atoms with Crippen LogP contribution in [-0.4, -0.2) is 23.2 Å². The molecule has 0 aliphatic carbocycles. The summed E-state index contributed by atoms with van der Waals surface area (Å²) in [6.45, 7) is 1.75. The van der Waals surface area contributed by atoms with Crippen molar-refractivity contribution in [1.29, 1.82) is 0 Å². The maximum absolute atomic E-state index is 14.8. The monoisotopic (exact) mass is 423 g/mol. The Morgan fingerprint density at radius 3 is 2.67 bits per heavy atom. The lowest BCUT2D eigenvalue weighted by atomic mass is 9.98. The molecule has 0 fully saturated rings. The van der Waals surface area contributed by atoms with Crippen molar-refractivity contribution in [2.75, 3.05) is 12.0 Å². The van der Waals surface area contributed by atoms with E-state index in [1.54, 1.807) is 43.3 Å². The summed E-state index contributed by atoms with van der Waals surface area (Å²) in [5.41, 5.74) is 0.0708. The molecule has 30 heavy (non-hydrogen) atoms. The maximum atomic E-state index is 14.8. The number of hydrogen-bond donors (Lipinski definition) is 0. The molecule has 0 saturated heterocycles. The minimum absolute atomic E-state index is 0.0793. The highest BCUT2D eigenvalue weighted by molar-refractivity contribution is 7.15. The van der Waals surface area contributed by atoms with Gasteiger partial charge in [0.25, 0.3) is 5.91 Å². The number of carbonyl (C=O) groups excluding carboxylic acids is 1. The van der Waals surface area contributed by atoms with Gasteiger partial charge in [0.1, 0.15) is 28.2 Å². The van der Waals surface area contributed by atoms with Crippen molar-refractivity contribution in [2.24, 2.45) is 0 Å². The van der Waals surface area contributed by atoms with E-state index < -0.39 is 23.2 Å². The van der Waals surface area contributed by atoms with Gasteiger partial charge in [0.2, 0.25) is 10.9 Å². The van der Waals surface area contributed by atoms with Crippen LogP contribution in [0.2, 0.25) is 0 Å². The molecule has 7 nitrogen and oxygen atoms in total. The number of halogens is 1. The van der Waals surface area contributed by atoms with Crippen LogP contribution in [0.1, 0.15) is 32.7 Å². The fraction of sp³-hybridized carbons (Fsp3) is 0.143. The summed E-state index contributed by atoms with van der Waals surface area (Å²) < 4.78 is 25.8. The minimum atomic E-state index is -1.01. The number of nitrogens with zero attached hydrogens (tertiary/aromatic N) is 3. The van der Waals surface area contributed by atoms with Crippen LogP contribution in [0.3, 0.4) is 0 Å². The van der Waals surface area contributed by atoms with E-state index in [4.69, 9.17) is 9.15 Å². The first-order valence-corrected chi connectivity index (χ1v) is 9.84. The maximum Gasteiger partial charge on any atom is 0.297 e. The second kappa shape index (κ2) is 6.74. The molecule has 150 valence electrons. The van der Waals surface area contributed by atoms with Crippen LogP contribution in [0, 0.1) is 12.7 Å². The largest absolute Gasteiger partial charge is 0.497 e. The first kappa shape index (κ1) is 18.4. The molecule has 0 saturated carbocycles. The number of aromatic nitrogens is 2. The van der Waals surface area contributed by atoms with Gasteiger partial charge in [-0.25, -0.2) is 4.39 Å². The molecule has 3 heterocycles.